The molecule has 29 heavy (non-hydrogen) atoms. The Morgan fingerprint density at radius 3 is 2.62 bits per heavy atom. The van der Waals surface area contributed by atoms with Crippen molar-refractivity contribution in [3.8, 4) is 5.06 Å². The number of aryl methyl sites for hydroxylation is 2. The Balaban J connectivity index is 1.57. The summed E-state index contributed by atoms with van der Waals surface area (Å²) in [4.78, 5) is 18.4. The van der Waals surface area contributed by atoms with E-state index < -0.39 is 11.8 Å². The number of rotatable bonds is 4. The van der Waals surface area contributed by atoms with Crippen LogP contribution in [0.2, 0.25) is 0 Å². The highest BCUT2D eigenvalue weighted by molar-refractivity contribution is 7.20. The summed E-state index contributed by atoms with van der Waals surface area (Å²) in [6, 6.07) is 15.9. The van der Waals surface area contributed by atoms with Gasteiger partial charge in [0.2, 0.25) is 5.72 Å². The van der Waals surface area contributed by atoms with Crippen LogP contribution in [-0.2, 0) is 4.84 Å². The maximum Gasteiger partial charge on any atom is 0.432 e. The number of hydrogen-bond acceptors (Lipinski definition) is 6. The monoisotopic (exact) mass is 409 g/mol. The van der Waals surface area contributed by atoms with Crippen LogP contribution in [0.15, 0.2) is 53.7 Å². The van der Waals surface area contributed by atoms with Crippen molar-refractivity contribution >= 4 is 33.4 Å². The highest BCUT2D eigenvalue weighted by Gasteiger charge is 2.43. The maximum absolute atomic E-state index is 12.7. The number of amidine groups is 1. The lowest BCUT2D eigenvalue weighted by atomic mass is 10.1. The molecule has 1 aliphatic rings. The minimum atomic E-state index is -0.799. The molecule has 2 heterocycles. The van der Waals surface area contributed by atoms with Gasteiger partial charge in [-0.05, 0) is 44.4 Å². The molecular formula is C22H23N3O3S. The second-order valence-corrected chi connectivity index (χ2v) is 8.40. The van der Waals surface area contributed by atoms with E-state index >= 15 is 0 Å². The molecule has 0 spiro atoms. The van der Waals surface area contributed by atoms with Crippen molar-refractivity contribution in [3.05, 3.63) is 65.2 Å². The third kappa shape index (κ3) is 3.78. The Kier molecular flexibility index (Phi) is 4.92. The largest absolute Gasteiger partial charge is 0.432 e. The summed E-state index contributed by atoms with van der Waals surface area (Å²) in [7, 11) is 0. The molecule has 6 nitrogen and oxygen atoms in total. The predicted molar refractivity (Wildman–Crippen MR) is 115 cm³/mol. The van der Waals surface area contributed by atoms with E-state index in [9.17, 15) is 4.79 Å². The van der Waals surface area contributed by atoms with Crippen LogP contribution in [0.1, 0.15) is 37.0 Å². The topological polar surface area (TPSA) is 63.2 Å². The van der Waals surface area contributed by atoms with Crippen LogP contribution in [0.4, 0.5) is 4.79 Å². The van der Waals surface area contributed by atoms with Crippen molar-refractivity contribution < 1.29 is 14.4 Å². The van der Waals surface area contributed by atoms with Gasteiger partial charge in [-0.15, -0.1) is 0 Å². The van der Waals surface area contributed by atoms with Gasteiger partial charge in [-0.25, -0.2) is 15.2 Å². The van der Waals surface area contributed by atoms with Gasteiger partial charge < -0.3 is 9.57 Å². The molecule has 3 aromatic rings. The quantitative estimate of drug-likeness (QED) is 0.632. The van der Waals surface area contributed by atoms with Gasteiger partial charge in [0.05, 0.1) is 0 Å². The number of thiophene rings is 1. The molecule has 1 amide bonds. The van der Waals surface area contributed by atoms with Gasteiger partial charge in [0.25, 0.3) is 0 Å². The normalized spacial score (nSPS) is 18.5. The average molecular weight is 410 g/mol. The third-order valence-electron chi connectivity index (χ3n) is 4.95. The molecule has 0 radical (unpaired) electrons. The summed E-state index contributed by atoms with van der Waals surface area (Å²) in [5, 5.41) is 7.49. The minimum absolute atomic E-state index is 0.534. The number of nitrogens with one attached hydrogen (secondary N) is 1. The lowest BCUT2D eigenvalue weighted by molar-refractivity contribution is -0.0998. The first kappa shape index (κ1) is 19.3. The van der Waals surface area contributed by atoms with Crippen molar-refractivity contribution in [2.45, 2.75) is 39.8 Å². The molecule has 0 aliphatic carbocycles. The van der Waals surface area contributed by atoms with E-state index in [-0.39, 0.29) is 0 Å². The molecule has 0 fully saturated rings. The Hall–Kier alpha value is -3.06. The Morgan fingerprint density at radius 2 is 1.93 bits per heavy atom. The van der Waals surface area contributed by atoms with Crippen molar-refractivity contribution in [1.29, 1.82) is 0 Å². The van der Waals surface area contributed by atoms with Crippen molar-refractivity contribution in [2.75, 3.05) is 0 Å². The van der Waals surface area contributed by atoms with Crippen LogP contribution in [0.5, 0.6) is 5.06 Å². The van der Waals surface area contributed by atoms with Crippen molar-refractivity contribution in [3.63, 3.8) is 0 Å². The molecule has 1 aliphatic heterocycles. The van der Waals surface area contributed by atoms with Crippen LogP contribution in [0.25, 0.3) is 10.1 Å². The van der Waals surface area contributed by atoms with Crippen molar-refractivity contribution in [1.82, 2.24) is 10.4 Å². The van der Waals surface area contributed by atoms with Crippen molar-refractivity contribution in [2.24, 2.45) is 5.16 Å². The molecule has 0 saturated carbocycles. The highest BCUT2D eigenvalue weighted by atomic mass is 32.1. The Bertz CT molecular complexity index is 1050. The maximum atomic E-state index is 12.7. The molecule has 0 saturated heterocycles. The number of ether oxygens (including phenoxy) is 1. The Labute approximate surface area is 173 Å². The molecule has 1 atom stereocenters. The number of carbonyl (C=O) groups excluding carboxylic acids is 1. The van der Waals surface area contributed by atoms with Crippen LogP contribution >= 0.6 is 11.3 Å². The molecular weight excluding hydrogens is 386 g/mol. The lowest BCUT2D eigenvalue weighted by Gasteiger charge is -2.32. The summed E-state index contributed by atoms with van der Waals surface area (Å²) >= 11 is 1.43. The summed E-state index contributed by atoms with van der Waals surface area (Å²) < 4.78 is 6.61. The smallest absolute Gasteiger partial charge is 0.398 e. The number of fused-ring (bicyclic) bond motifs is 1. The first-order chi connectivity index (χ1) is 13.9. The standard InChI is InChI=1S/C22H23N3O3S/c1-5-22(4)25(20(24-28-22)17-11-14(2)10-15(3)12-17)23-21(26)27-19-13-16-8-6-7-9-18(16)29-19/h6-13H,5H2,1-4H3,(H,23,26). The fourth-order valence-electron chi connectivity index (χ4n) is 3.34. The Morgan fingerprint density at radius 1 is 1.21 bits per heavy atom. The zero-order valence-corrected chi connectivity index (χ0v) is 17.7. The number of benzene rings is 2. The summed E-state index contributed by atoms with van der Waals surface area (Å²) in [6.45, 7) is 7.91. The molecule has 2 aromatic carbocycles. The molecule has 1 aromatic heterocycles. The third-order valence-corrected chi connectivity index (χ3v) is 5.94. The molecule has 7 heteroatoms. The number of carbonyl (C=O) groups is 1. The second kappa shape index (κ2) is 7.40. The first-order valence-electron chi connectivity index (χ1n) is 9.50. The van der Waals surface area contributed by atoms with Crippen LogP contribution in [0, 0.1) is 13.8 Å². The molecule has 4 rings (SSSR count). The number of hydrogen-bond donors (Lipinski definition) is 1. The highest BCUT2D eigenvalue weighted by Crippen LogP contribution is 2.32. The van der Waals surface area contributed by atoms with E-state index in [4.69, 9.17) is 9.57 Å². The SMILES string of the molecule is CCC1(C)ON=C(c2cc(C)cc(C)c2)N1NC(=O)Oc1cc2ccccc2s1. The van der Waals surface area contributed by atoms with Crippen LogP contribution < -0.4 is 10.2 Å². The fourth-order valence-corrected chi connectivity index (χ4v) is 4.25. The molecule has 1 N–H and O–H groups in total. The molecule has 150 valence electrons. The van der Waals surface area contributed by atoms with Gasteiger partial charge in [0.15, 0.2) is 10.9 Å². The first-order valence-corrected chi connectivity index (χ1v) is 10.3. The summed E-state index contributed by atoms with van der Waals surface area (Å²) in [6.07, 6.45) is 0.0346. The summed E-state index contributed by atoms with van der Waals surface area (Å²) in [5.41, 5.74) is 5.12. The average Bonchev–Trinajstić information content (AvgIpc) is 3.22. The van der Waals surface area contributed by atoms with E-state index in [0.29, 0.717) is 17.3 Å². The van der Waals surface area contributed by atoms with E-state index in [1.807, 2.05) is 70.2 Å². The van der Waals surface area contributed by atoms with E-state index in [1.165, 1.54) is 11.3 Å². The van der Waals surface area contributed by atoms with Gasteiger partial charge in [0, 0.05) is 22.8 Å². The van der Waals surface area contributed by atoms with Gasteiger partial charge in [0.1, 0.15) is 0 Å². The second-order valence-electron chi connectivity index (χ2n) is 7.35. The van der Waals surface area contributed by atoms with Gasteiger partial charge in [-0.3, -0.25) is 0 Å². The van der Waals surface area contributed by atoms with E-state index in [2.05, 4.69) is 16.6 Å². The van der Waals surface area contributed by atoms with Gasteiger partial charge in [-0.2, -0.15) is 0 Å². The van der Waals surface area contributed by atoms with Crippen LogP contribution in [-0.4, -0.2) is 22.7 Å². The number of amides is 1. The summed E-state index contributed by atoms with van der Waals surface area (Å²) in [5.74, 6) is 0.550. The van der Waals surface area contributed by atoms with Gasteiger partial charge >= 0.3 is 6.09 Å². The predicted octanol–water partition coefficient (Wildman–Crippen LogP) is 5.34. The fraction of sp³-hybridized carbons (Fsp3) is 0.273. The van der Waals surface area contributed by atoms with Gasteiger partial charge in [-0.1, -0.05) is 58.8 Å². The number of nitrogens with zero attached hydrogens (tertiary/aromatic N) is 2. The van der Waals surface area contributed by atoms with Crippen LogP contribution in [0.3, 0.4) is 0 Å². The van der Waals surface area contributed by atoms with E-state index in [0.717, 1.165) is 26.8 Å². The lowest BCUT2D eigenvalue weighted by Crippen LogP contribution is -2.56. The number of oxime groups is 1. The zero-order valence-electron chi connectivity index (χ0n) is 16.9. The minimum Gasteiger partial charge on any atom is -0.398 e. The molecule has 0 bridgehead atoms. The molecule has 1 unspecified atom stereocenters. The number of hydrazine groups is 1. The van der Waals surface area contributed by atoms with E-state index in [1.54, 1.807) is 5.01 Å². The zero-order chi connectivity index (χ0) is 20.6.